The molecule has 158 valence electrons. The third-order valence-electron chi connectivity index (χ3n) is 1.86. The average Bonchev–Trinajstić information content (AvgIpc) is 2.37. The molecule has 0 spiro atoms. The number of carbonyl (C=O) groups excluding carboxylic acids is 2. The molecule has 0 aliphatic heterocycles. The molecule has 0 heterocycles. The van der Waals surface area contributed by atoms with Crippen molar-refractivity contribution in [2.24, 2.45) is 0 Å². The van der Waals surface area contributed by atoms with Crippen LogP contribution in [0.15, 0.2) is 0 Å². The van der Waals surface area contributed by atoms with Crippen molar-refractivity contribution in [3.05, 3.63) is 0 Å². The molecule has 0 aliphatic carbocycles. The van der Waals surface area contributed by atoms with Crippen LogP contribution in [-0.2, 0) is 24.0 Å². The third-order valence-corrected chi connectivity index (χ3v) is 1.86. The summed E-state index contributed by atoms with van der Waals surface area (Å²) in [5.74, 6) is -7.01. The van der Waals surface area contributed by atoms with E-state index in [0.717, 1.165) is 0 Å². The largest absolute Gasteiger partial charge is 2.00 e. The van der Waals surface area contributed by atoms with Gasteiger partial charge in [-0.25, -0.2) is 4.79 Å². The van der Waals surface area contributed by atoms with E-state index in [1.807, 2.05) is 0 Å². The van der Waals surface area contributed by atoms with Gasteiger partial charge in [0.1, 0.15) is 0 Å². The summed E-state index contributed by atoms with van der Waals surface area (Å²) in [5.41, 5.74) is -2.74. The zero-order valence-electron chi connectivity index (χ0n) is 14.7. The molecule has 14 nitrogen and oxygen atoms in total. The SMILES string of the molecule is CCC(=O)[O-].CCC(=O)[O-].O.O.O.O=C(O)CC(O)(CC(=O)O)C(=O)O.[Ca+2]. The van der Waals surface area contributed by atoms with Crippen LogP contribution in [0, 0.1) is 0 Å². The molecule has 15 heteroatoms. The fourth-order valence-corrected chi connectivity index (χ4v) is 0.714. The molecular formula is C12H24CaO14. The molecule has 10 N–H and O–H groups in total. The molecule has 0 saturated heterocycles. The summed E-state index contributed by atoms with van der Waals surface area (Å²) in [4.78, 5) is 49.0. The Morgan fingerprint density at radius 1 is 0.741 bits per heavy atom. The zero-order chi connectivity index (χ0) is 19.2. The van der Waals surface area contributed by atoms with E-state index in [9.17, 15) is 34.2 Å². The van der Waals surface area contributed by atoms with E-state index in [1.165, 1.54) is 13.8 Å². The van der Waals surface area contributed by atoms with E-state index in [0.29, 0.717) is 0 Å². The Balaban J connectivity index is -0.0000000488. The van der Waals surface area contributed by atoms with Crippen LogP contribution < -0.4 is 10.2 Å². The van der Waals surface area contributed by atoms with Crippen molar-refractivity contribution < 1.29 is 71.0 Å². The van der Waals surface area contributed by atoms with Gasteiger partial charge in [-0.3, -0.25) is 9.59 Å². The molecule has 0 aromatic carbocycles. The number of rotatable bonds is 7. The van der Waals surface area contributed by atoms with Crippen molar-refractivity contribution in [1.82, 2.24) is 0 Å². The molecule has 0 atom stereocenters. The van der Waals surface area contributed by atoms with Crippen LogP contribution in [0.3, 0.4) is 0 Å². The Morgan fingerprint density at radius 2 is 0.926 bits per heavy atom. The minimum Gasteiger partial charge on any atom is -0.550 e. The monoisotopic (exact) mass is 432 g/mol. The first-order chi connectivity index (χ1) is 10.3. The van der Waals surface area contributed by atoms with E-state index < -0.39 is 48.3 Å². The second-order valence-electron chi connectivity index (χ2n) is 3.93. The van der Waals surface area contributed by atoms with Gasteiger partial charge in [0.15, 0.2) is 5.60 Å². The maximum Gasteiger partial charge on any atom is 2.00 e. The van der Waals surface area contributed by atoms with Crippen molar-refractivity contribution in [3.8, 4) is 0 Å². The first-order valence-corrected chi connectivity index (χ1v) is 6.11. The van der Waals surface area contributed by atoms with E-state index in [2.05, 4.69) is 0 Å². The van der Waals surface area contributed by atoms with Crippen molar-refractivity contribution in [2.45, 2.75) is 45.1 Å². The second-order valence-corrected chi connectivity index (χ2v) is 3.93. The maximum atomic E-state index is 10.3. The van der Waals surface area contributed by atoms with E-state index in [4.69, 9.17) is 20.4 Å². The molecule has 27 heavy (non-hydrogen) atoms. The summed E-state index contributed by atoms with van der Waals surface area (Å²) in [7, 11) is 0. The Morgan fingerprint density at radius 3 is 1.00 bits per heavy atom. The van der Waals surface area contributed by atoms with Crippen molar-refractivity contribution in [2.75, 3.05) is 0 Å². The molecular weight excluding hydrogens is 408 g/mol. The molecule has 0 aliphatic rings. The van der Waals surface area contributed by atoms with Crippen LogP contribution in [0.5, 0.6) is 0 Å². The first kappa shape index (κ1) is 44.7. The number of hydrogen-bond donors (Lipinski definition) is 4. The van der Waals surface area contributed by atoms with Crippen molar-refractivity contribution in [3.63, 3.8) is 0 Å². The predicted molar refractivity (Wildman–Crippen MR) is 84.3 cm³/mol. The molecule has 0 saturated carbocycles. The van der Waals surface area contributed by atoms with Crippen LogP contribution in [0.4, 0.5) is 0 Å². The number of aliphatic carboxylic acids is 5. The quantitative estimate of drug-likeness (QED) is 0.274. The maximum absolute atomic E-state index is 10.3. The van der Waals surface area contributed by atoms with Crippen molar-refractivity contribution in [1.29, 1.82) is 0 Å². The van der Waals surface area contributed by atoms with E-state index in [-0.39, 0.29) is 67.0 Å². The van der Waals surface area contributed by atoms with Gasteiger partial charge in [0.05, 0.1) is 12.8 Å². The van der Waals surface area contributed by atoms with Gasteiger partial charge in [0.2, 0.25) is 0 Å². The van der Waals surface area contributed by atoms with Gasteiger partial charge in [-0.1, -0.05) is 13.8 Å². The fourth-order valence-electron chi connectivity index (χ4n) is 0.714. The topological polar surface area (TPSA) is 307 Å². The van der Waals surface area contributed by atoms with Gasteiger partial charge in [0.25, 0.3) is 0 Å². The summed E-state index contributed by atoms with van der Waals surface area (Å²) in [5, 5.41) is 52.3. The molecule has 0 rings (SSSR count). The molecule has 0 unspecified atom stereocenters. The molecule has 0 radical (unpaired) electrons. The second kappa shape index (κ2) is 24.4. The predicted octanol–water partition coefficient (Wildman–Crippen LogP) is -5.81. The molecule has 0 fully saturated rings. The molecule has 0 bridgehead atoms. The molecule has 0 aromatic rings. The summed E-state index contributed by atoms with van der Waals surface area (Å²) >= 11 is 0. The zero-order valence-corrected chi connectivity index (χ0v) is 16.9. The normalized spacial score (nSPS) is 7.96. The van der Waals surface area contributed by atoms with E-state index in [1.54, 1.807) is 0 Å². The van der Waals surface area contributed by atoms with Gasteiger partial charge < -0.3 is 56.7 Å². The van der Waals surface area contributed by atoms with Crippen LogP contribution >= 0.6 is 0 Å². The Labute approximate surface area is 183 Å². The number of carbonyl (C=O) groups is 5. The summed E-state index contributed by atoms with van der Waals surface area (Å²) in [6.07, 6.45) is -2.07. The van der Waals surface area contributed by atoms with Crippen LogP contribution in [-0.4, -0.2) is 110 Å². The Kier molecular flexibility index (Phi) is 40.5. The first-order valence-electron chi connectivity index (χ1n) is 6.11. The summed E-state index contributed by atoms with van der Waals surface area (Å²) in [6, 6.07) is 0. The number of aliphatic hydroxyl groups is 1. The molecule has 0 aromatic heterocycles. The standard InChI is InChI=1S/C6H8O7.2C3H6O2.Ca.3H2O/c7-3(8)1-6(13,5(11)12)2-4(9)10;2*1-2-3(4)5;;;;/h13H,1-2H2,(H,7,8)(H,9,10)(H,11,12);2*2H2,1H3,(H,4,5);;3*1H2/q;;;+2;;;/p-2. The minimum atomic E-state index is -2.74. The van der Waals surface area contributed by atoms with E-state index >= 15 is 0 Å². The minimum absolute atomic E-state index is 0. The Hall–Kier alpha value is -1.55. The van der Waals surface area contributed by atoms with Gasteiger partial charge in [-0.05, 0) is 12.8 Å². The average molecular weight is 432 g/mol. The van der Waals surface area contributed by atoms with Crippen molar-refractivity contribution >= 4 is 67.6 Å². The number of hydrogen-bond acceptors (Lipinski definition) is 8. The van der Waals surface area contributed by atoms with Crippen LogP contribution in [0.1, 0.15) is 39.5 Å². The number of carboxylic acid groups (broad SMARTS) is 5. The van der Waals surface area contributed by atoms with Crippen LogP contribution in [0.25, 0.3) is 0 Å². The number of carboxylic acids is 5. The summed E-state index contributed by atoms with van der Waals surface area (Å²) < 4.78 is 0. The summed E-state index contributed by atoms with van der Waals surface area (Å²) in [6.45, 7) is 3.07. The van der Waals surface area contributed by atoms with Crippen LogP contribution in [0.2, 0.25) is 0 Å². The van der Waals surface area contributed by atoms with Gasteiger partial charge in [-0.2, -0.15) is 0 Å². The third kappa shape index (κ3) is 36.2. The van der Waals surface area contributed by atoms with Gasteiger partial charge >= 0.3 is 55.6 Å². The van der Waals surface area contributed by atoms with Gasteiger partial charge in [0, 0.05) is 11.9 Å². The fraction of sp³-hybridized carbons (Fsp3) is 0.583. The molecule has 0 amide bonds. The smallest absolute Gasteiger partial charge is 0.550 e. The van der Waals surface area contributed by atoms with Gasteiger partial charge in [-0.15, -0.1) is 0 Å². The Bertz CT molecular complexity index is 406.